The van der Waals surface area contributed by atoms with E-state index in [1.807, 2.05) is 24.3 Å². The Kier molecular flexibility index (Phi) is 3.65. The molecule has 112 valence electrons. The van der Waals surface area contributed by atoms with Gasteiger partial charge >= 0.3 is 0 Å². The summed E-state index contributed by atoms with van der Waals surface area (Å²) >= 11 is 0. The second kappa shape index (κ2) is 5.77. The Morgan fingerprint density at radius 1 is 1.00 bits per heavy atom. The fourth-order valence-electron chi connectivity index (χ4n) is 2.06. The van der Waals surface area contributed by atoms with Gasteiger partial charge in [0.1, 0.15) is 11.5 Å². The van der Waals surface area contributed by atoms with Crippen molar-refractivity contribution in [1.29, 1.82) is 0 Å². The molecule has 3 aromatic rings. The summed E-state index contributed by atoms with van der Waals surface area (Å²) in [5.41, 5.74) is 7.89. The maximum Gasteiger partial charge on any atom is 0.258 e. The van der Waals surface area contributed by atoms with Crippen LogP contribution >= 0.6 is 0 Å². The summed E-state index contributed by atoms with van der Waals surface area (Å²) < 4.78 is 15.8. The molecule has 0 radical (unpaired) electrons. The highest BCUT2D eigenvalue weighted by molar-refractivity contribution is 5.67. The van der Waals surface area contributed by atoms with Gasteiger partial charge in [-0.2, -0.15) is 4.98 Å². The van der Waals surface area contributed by atoms with Crippen LogP contribution in [0.15, 0.2) is 47.0 Å². The molecule has 0 aliphatic rings. The Balaban J connectivity index is 1.98. The molecule has 0 aliphatic heterocycles. The van der Waals surface area contributed by atoms with E-state index in [0.717, 1.165) is 11.1 Å². The van der Waals surface area contributed by atoms with E-state index in [9.17, 15) is 0 Å². The molecule has 0 bridgehead atoms. The highest BCUT2D eigenvalue weighted by Gasteiger charge is 2.15. The van der Waals surface area contributed by atoms with Crippen molar-refractivity contribution in [2.75, 3.05) is 20.0 Å². The molecule has 0 fully saturated rings. The average Bonchev–Trinajstić information content (AvgIpc) is 3.04. The van der Waals surface area contributed by atoms with Crippen molar-refractivity contribution in [3.63, 3.8) is 0 Å². The molecule has 0 unspecified atom stereocenters. The summed E-state index contributed by atoms with van der Waals surface area (Å²) in [6.07, 6.45) is 0. The van der Waals surface area contributed by atoms with Crippen LogP contribution in [-0.4, -0.2) is 24.4 Å². The second-order valence-electron chi connectivity index (χ2n) is 4.61. The third-order valence-corrected chi connectivity index (χ3v) is 3.23. The van der Waals surface area contributed by atoms with Gasteiger partial charge in [0, 0.05) is 17.3 Å². The smallest absolute Gasteiger partial charge is 0.258 e. The van der Waals surface area contributed by atoms with Crippen LogP contribution < -0.4 is 15.2 Å². The molecule has 0 amide bonds. The van der Waals surface area contributed by atoms with E-state index < -0.39 is 0 Å². The molecule has 1 heterocycles. The number of benzene rings is 2. The SMILES string of the molecule is COc1ccc(-c2noc(-c3ccc(N)cc3)n2)c(OC)c1. The Morgan fingerprint density at radius 2 is 1.77 bits per heavy atom. The Hall–Kier alpha value is -3.02. The number of nitrogens with two attached hydrogens (primary N) is 1. The molecule has 0 atom stereocenters. The van der Waals surface area contributed by atoms with Gasteiger partial charge in [-0.15, -0.1) is 0 Å². The van der Waals surface area contributed by atoms with E-state index in [1.165, 1.54) is 0 Å². The van der Waals surface area contributed by atoms with Crippen LogP contribution in [-0.2, 0) is 0 Å². The van der Waals surface area contributed by atoms with Gasteiger partial charge in [0.25, 0.3) is 5.89 Å². The average molecular weight is 297 g/mol. The first-order chi connectivity index (χ1) is 10.7. The summed E-state index contributed by atoms with van der Waals surface area (Å²) in [6, 6.07) is 12.6. The highest BCUT2D eigenvalue weighted by atomic mass is 16.5. The van der Waals surface area contributed by atoms with Crippen molar-refractivity contribution in [2.24, 2.45) is 0 Å². The van der Waals surface area contributed by atoms with Crippen molar-refractivity contribution in [3.05, 3.63) is 42.5 Å². The molecule has 0 aliphatic carbocycles. The molecule has 0 spiro atoms. The standard InChI is InChI=1S/C16H15N3O3/c1-20-12-7-8-13(14(9-12)21-2)15-18-16(22-19-15)10-3-5-11(17)6-4-10/h3-9H,17H2,1-2H3. The number of methoxy groups -OCH3 is 2. The van der Waals surface area contributed by atoms with E-state index in [1.54, 1.807) is 32.4 Å². The van der Waals surface area contributed by atoms with Crippen LogP contribution in [0.25, 0.3) is 22.8 Å². The number of nitrogen functional groups attached to an aromatic ring is 1. The normalized spacial score (nSPS) is 10.5. The summed E-state index contributed by atoms with van der Waals surface area (Å²) in [7, 11) is 3.18. The quantitative estimate of drug-likeness (QED) is 0.745. The maximum absolute atomic E-state index is 5.67. The van der Waals surface area contributed by atoms with Crippen LogP contribution in [0, 0.1) is 0 Å². The topological polar surface area (TPSA) is 83.4 Å². The van der Waals surface area contributed by atoms with Gasteiger partial charge in [0.05, 0.1) is 19.8 Å². The number of rotatable bonds is 4. The minimum Gasteiger partial charge on any atom is -0.497 e. The van der Waals surface area contributed by atoms with E-state index in [2.05, 4.69) is 10.1 Å². The Bertz CT molecular complexity index is 782. The monoisotopic (exact) mass is 297 g/mol. The van der Waals surface area contributed by atoms with Crippen molar-refractivity contribution in [1.82, 2.24) is 10.1 Å². The number of aromatic nitrogens is 2. The summed E-state index contributed by atoms with van der Waals surface area (Å²) in [5, 5.41) is 4.01. The van der Waals surface area contributed by atoms with Gasteiger partial charge in [-0.05, 0) is 36.4 Å². The number of anilines is 1. The fourth-order valence-corrected chi connectivity index (χ4v) is 2.06. The van der Waals surface area contributed by atoms with E-state index in [-0.39, 0.29) is 0 Å². The first kappa shape index (κ1) is 13.9. The molecule has 6 nitrogen and oxygen atoms in total. The summed E-state index contributed by atoms with van der Waals surface area (Å²) in [5.74, 6) is 2.19. The number of hydrogen-bond acceptors (Lipinski definition) is 6. The van der Waals surface area contributed by atoms with Crippen LogP contribution in [0.1, 0.15) is 0 Å². The lowest BCUT2D eigenvalue weighted by Crippen LogP contribution is -1.91. The zero-order valence-electron chi connectivity index (χ0n) is 12.2. The van der Waals surface area contributed by atoms with Crippen LogP contribution in [0.3, 0.4) is 0 Å². The van der Waals surface area contributed by atoms with Gasteiger partial charge in [0.2, 0.25) is 5.82 Å². The summed E-state index contributed by atoms with van der Waals surface area (Å²) in [4.78, 5) is 4.41. The molecule has 1 aromatic heterocycles. The van der Waals surface area contributed by atoms with Gasteiger partial charge in [-0.25, -0.2) is 0 Å². The van der Waals surface area contributed by atoms with E-state index >= 15 is 0 Å². The van der Waals surface area contributed by atoms with Gasteiger partial charge in [-0.1, -0.05) is 5.16 Å². The number of nitrogens with zero attached hydrogens (tertiary/aromatic N) is 2. The van der Waals surface area contributed by atoms with Crippen molar-refractivity contribution in [3.8, 4) is 34.3 Å². The molecule has 3 rings (SSSR count). The van der Waals surface area contributed by atoms with E-state index in [0.29, 0.717) is 28.9 Å². The Morgan fingerprint density at radius 3 is 2.45 bits per heavy atom. The predicted molar refractivity (Wildman–Crippen MR) is 82.7 cm³/mol. The third kappa shape index (κ3) is 2.58. The number of ether oxygens (including phenoxy) is 2. The molecule has 6 heteroatoms. The fraction of sp³-hybridized carbons (Fsp3) is 0.125. The van der Waals surface area contributed by atoms with Gasteiger partial charge in [0.15, 0.2) is 0 Å². The highest BCUT2D eigenvalue weighted by Crippen LogP contribution is 2.32. The first-order valence-corrected chi connectivity index (χ1v) is 6.63. The van der Waals surface area contributed by atoms with Crippen LogP contribution in [0.2, 0.25) is 0 Å². The third-order valence-electron chi connectivity index (χ3n) is 3.23. The van der Waals surface area contributed by atoms with Gasteiger partial charge < -0.3 is 19.7 Å². The maximum atomic E-state index is 5.67. The molecule has 22 heavy (non-hydrogen) atoms. The van der Waals surface area contributed by atoms with Crippen molar-refractivity contribution in [2.45, 2.75) is 0 Å². The lowest BCUT2D eigenvalue weighted by Gasteiger charge is -2.07. The molecular formula is C16H15N3O3. The molecule has 0 saturated carbocycles. The van der Waals surface area contributed by atoms with Crippen LogP contribution in [0.4, 0.5) is 5.69 Å². The van der Waals surface area contributed by atoms with Gasteiger partial charge in [-0.3, -0.25) is 0 Å². The zero-order valence-corrected chi connectivity index (χ0v) is 12.2. The largest absolute Gasteiger partial charge is 0.497 e. The predicted octanol–water partition coefficient (Wildman–Crippen LogP) is 3.00. The van der Waals surface area contributed by atoms with Crippen LogP contribution in [0.5, 0.6) is 11.5 Å². The van der Waals surface area contributed by atoms with Crippen molar-refractivity contribution >= 4 is 5.69 Å². The Labute approximate surface area is 127 Å². The lowest BCUT2D eigenvalue weighted by atomic mass is 10.1. The first-order valence-electron chi connectivity index (χ1n) is 6.63. The minimum atomic E-state index is 0.424. The molecule has 2 N–H and O–H groups in total. The minimum absolute atomic E-state index is 0.424. The zero-order chi connectivity index (χ0) is 15.5. The number of hydrogen-bond donors (Lipinski definition) is 1. The van der Waals surface area contributed by atoms with Crippen molar-refractivity contribution < 1.29 is 14.0 Å². The molecule has 0 saturated heterocycles. The molecule has 2 aromatic carbocycles. The molecular weight excluding hydrogens is 282 g/mol. The van der Waals surface area contributed by atoms with E-state index in [4.69, 9.17) is 19.7 Å². The lowest BCUT2D eigenvalue weighted by molar-refractivity contribution is 0.394. The second-order valence-corrected chi connectivity index (χ2v) is 4.61. The summed E-state index contributed by atoms with van der Waals surface area (Å²) in [6.45, 7) is 0.